The van der Waals surface area contributed by atoms with Gasteiger partial charge in [0.2, 0.25) is 0 Å². The van der Waals surface area contributed by atoms with Crippen LogP contribution in [0, 0.1) is 0 Å². The van der Waals surface area contributed by atoms with Gasteiger partial charge in [-0.1, -0.05) is 279 Å². The van der Waals surface area contributed by atoms with Crippen LogP contribution in [-0.4, -0.2) is 48.2 Å². The van der Waals surface area contributed by atoms with E-state index in [1.807, 2.05) is 121 Å². The molecule has 10 nitrogen and oxygen atoms in total. The molecule has 0 atom stereocenters. The second kappa shape index (κ2) is 27.5. The minimum Gasteiger partial charge on any atom is -0.309 e. The van der Waals surface area contributed by atoms with Crippen LogP contribution in [-0.2, 0) is 0 Å². The van der Waals surface area contributed by atoms with Gasteiger partial charge in [0, 0.05) is 99.2 Å². The maximum Gasteiger partial charge on any atom is 0.164 e. The highest BCUT2D eigenvalue weighted by molar-refractivity contribution is 6.15. The van der Waals surface area contributed by atoms with Gasteiger partial charge in [-0.3, -0.25) is 0 Å². The molecule has 6 aromatic heterocycles. The molecule has 0 fully saturated rings. The van der Waals surface area contributed by atoms with Crippen molar-refractivity contribution in [3.05, 3.63) is 400 Å². The molecule has 6 heterocycles. The lowest BCUT2D eigenvalue weighted by Crippen LogP contribution is -2.01. The summed E-state index contributed by atoms with van der Waals surface area (Å²) in [4.78, 5) is 29.7. The molecule has 0 saturated carbocycles. The highest BCUT2D eigenvalue weighted by atomic mass is 15.1. The van der Waals surface area contributed by atoms with E-state index < -0.39 is 0 Å². The zero-order valence-corrected chi connectivity index (χ0v) is 60.6. The molecule has 0 radical (unpaired) electrons. The second-order valence-electron chi connectivity index (χ2n) is 28.2. The first-order valence-electron chi connectivity index (χ1n) is 37.7. The van der Waals surface area contributed by atoms with Crippen LogP contribution >= 0.6 is 0 Å². The normalized spacial score (nSPS) is 11.6. The number of nitrogens with zero attached hydrogens (tertiary/aromatic N) is 10. The molecule has 22 aromatic rings. The molecule has 0 saturated heterocycles. The molecule has 10 heteroatoms. The Bertz CT molecular complexity index is 7220. The first kappa shape index (κ1) is 65.1. The lowest BCUT2D eigenvalue weighted by Gasteiger charge is -2.12. The number of fused-ring (bicyclic) bond motifs is 12. The Hall–Kier alpha value is -15.3. The summed E-state index contributed by atoms with van der Waals surface area (Å²) in [5.74, 6) is 3.86. The fourth-order valence-corrected chi connectivity index (χ4v) is 16.3. The second-order valence-corrected chi connectivity index (χ2v) is 28.2. The monoisotopic (exact) mass is 1430 g/mol. The van der Waals surface area contributed by atoms with E-state index in [1.54, 1.807) is 0 Å². The van der Waals surface area contributed by atoms with Crippen molar-refractivity contribution in [2.75, 3.05) is 0 Å². The molecule has 0 amide bonds. The van der Waals surface area contributed by atoms with Gasteiger partial charge in [-0.25, -0.2) is 29.9 Å². The molecule has 16 aromatic carbocycles. The topological polar surface area (TPSA) is 97.1 Å². The van der Waals surface area contributed by atoms with Crippen molar-refractivity contribution in [1.82, 2.24) is 48.2 Å². The van der Waals surface area contributed by atoms with Crippen LogP contribution in [0.3, 0.4) is 0 Å². The van der Waals surface area contributed by atoms with Crippen molar-refractivity contribution >= 4 is 87.2 Å². The van der Waals surface area contributed by atoms with Gasteiger partial charge in [0.1, 0.15) is 0 Å². The van der Waals surface area contributed by atoms with E-state index in [9.17, 15) is 0 Å². The first-order chi connectivity index (χ1) is 55.5. The van der Waals surface area contributed by atoms with E-state index in [1.165, 1.54) is 87.4 Å². The average Bonchev–Trinajstić information content (AvgIpc) is 1.60. The maximum atomic E-state index is 5.02. The van der Waals surface area contributed by atoms with E-state index in [0.29, 0.717) is 34.9 Å². The fraction of sp³-hybridized carbons (Fsp3) is 0. The lowest BCUT2D eigenvalue weighted by atomic mass is 10.0. The van der Waals surface area contributed by atoms with Crippen molar-refractivity contribution in [2.24, 2.45) is 0 Å². The number of rotatable bonds is 12. The summed E-state index contributed by atoms with van der Waals surface area (Å²) in [5.41, 5.74) is 24.2. The maximum absolute atomic E-state index is 5.02. The molecule has 0 spiro atoms. The summed E-state index contributed by atoms with van der Waals surface area (Å²) >= 11 is 0. The van der Waals surface area contributed by atoms with E-state index in [4.69, 9.17) is 29.9 Å². The molecular formula is C102H66N10. The van der Waals surface area contributed by atoms with Crippen LogP contribution in [0.15, 0.2) is 400 Å². The predicted molar refractivity (Wildman–Crippen MR) is 460 cm³/mol. The summed E-state index contributed by atoms with van der Waals surface area (Å²) in [6, 6.07) is 141. The Morgan fingerprint density at radius 3 is 0.732 bits per heavy atom. The van der Waals surface area contributed by atoms with Gasteiger partial charge in [-0.15, -0.1) is 0 Å². The van der Waals surface area contributed by atoms with Crippen LogP contribution in [0.2, 0.25) is 0 Å². The summed E-state index contributed by atoms with van der Waals surface area (Å²) in [6.45, 7) is 0. The Kier molecular flexibility index (Phi) is 16.0. The third kappa shape index (κ3) is 11.5. The van der Waals surface area contributed by atoms with Gasteiger partial charge < -0.3 is 18.3 Å². The van der Waals surface area contributed by atoms with Gasteiger partial charge in [-0.05, 0) is 144 Å². The molecule has 0 N–H and O–H groups in total. The summed E-state index contributed by atoms with van der Waals surface area (Å²) in [7, 11) is 0. The van der Waals surface area contributed by atoms with E-state index in [2.05, 4.69) is 297 Å². The Labute approximate surface area is 645 Å². The van der Waals surface area contributed by atoms with Crippen LogP contribution in [0.1, 0.15) is 0 Å². The van der Waals surface area contributed by atoms with E-state index in [-0.39, 0.29) is 0 Å². The molecule has 0 aliphatic carbocycles. The molecule has 0 aliphatic rings. The number of aromatic nitrogens is 10. The van der Waals surface area contributed by atoms with Crippen molar-refractivity contribution in [3.8, 4) is 113 Å². The molecular weight excluding hydrogens is 1370 g/mol. The van der Waals surface area contributed by atoms with Crippen LogP contribution in [0.4, 0.5) is 0 Å². The minimum absolute atomic E-state index is 0.630. The lowest BCUT2D eigenvalue weighted by molar-refractivity contribution is 1.07. The SMILES string of the molecule is c1ccc(-c2nc(-c3ccccc3)nc(-c3ccc(-n4c5ccccc5c5cc(-c6ccc7c8ccccc8n(-c8ccccc8)c7c6)ccc54)cc3)n2)cc1.c1ccc(-c2nc(-c3ccccc3)nc(-c3cccc(-n4c5ccccc5c5cc(-c6ccc7c8ccccc8n(-c8ccccc8)c7c6)ccc54)c3)n2)cc1. The molecule has 112 heavy (non-hydrogen) atoms. The zero-order valence-electron chi connectivity index (χ0n) is 60.6. The third-order valence-electron chi connectivity index (χ3n) is 21.5. The quantitative estimate of drug-likeness (QED) is 0.121. The fourth-order valence-electron chi connectivity index (χ4n) is 16.3. The zero-order chi connectivity index (χ0) is 74.0. The van der Waals surface area contributed by atoms with Crippen LogP contribution < -0.4 is 0 Å². The smallest absolute Gasteiger partial charge is 0.164 e. The molecule has 0 bridgehead atoms. The summed E-state index contributed by atoms with van der Waals surface area (Å²) < 4.78 is 9.46. The van der Waals surface area contributed by atoms with Gasteiger partial charge in [0.05, 0.1) is 44.1 Å². The Balaban J connectivity index is 0.000000141. The number of hydrogen-bond donors (Lipinski definition) is 0. The van der Waals surface area contributed by atoms with Gasteiger partial charge in [-0.2, -0.15) is 0 Å². The first-order valence-corrected chi connectivity index (χ1v) is 37.7. The number of hydrogen-bond acceptors (Lipinski definition) is 6. The predicted octanol–water partition coefficient (Wildman–Crippen LogP) is 25.5. The average molecular weight is 1430 g/mol. The highest BCUT2D eigenvalue weighted by Crippen LogP contribution is 2.42. The van der Waals surface area contributed by atoms with Crippen molar-refractivity contribution < 1.29 is 0 Å². The Morgan fingerprint density at radius 1 is 0.125 bits per heavy atom. The molecule has 22 rings (SSSR count). The number of benzene rings is 16. The van der Waals surface area contributed by atoms with Crippen LogP contribution in [0.5, 0.6) is 0 Å². The van der Waals surface area contributed by atoms with Crippen LogP contribution in [0.25, 0.3) is 201 Å². The standard InChI is InChI=1S/2C51H33N5/c1-4-15-34(16-5-1)49-52-50(35-17-6-2-7-18-35)54-51(53-49)38-19-14-22-40(31-38)56-46-26-13-11-24-42(46)44-32-36(28-30-47(44)56)37-27-29-43-41-23-10-12-25-45(41)55(48(43)33-37)39-20-8-3-9-21-39;1-4-14-34(15-5-1)49-52-50(35-16-6-2-7-17-35)54-51(53-49)36-24-28-40(29-25-36)55-46-23-13-11-21-42(46)44-32-37(27-31-47(44)55)38-26-30-43-41-20-10-12-22-45(41)56(48(43)33-38)39-18-8-3-9-19-39/h2*1-33H. The molecule has 524 valence electrons. The van der Waals surface area contributed by atoms with Crippen molar-refractivity contribution in [2.45, 2.75) is 0 Å². The summed E-state index contributed by atoms with van der Waals surface area (Å²) in [6.07, 6.45) is 0. The van der Waals surface area contributed by atoms with Gasteiger partial charge >= 0.3 is 0 Å². The highest BCUT2D eigenvalue weighted by Gasteiger charge is 2.22. The molecule has 0 aliphatic heterocycles. The number of para-hydroxylation sites is 6. The van der Waals surface area contributed by atoms with Crippen molar-refractivity contribution in [3.63, 3.8) is 0 Å². The Morgan fingerprint density at radius 2 is 0.357 bits per heavy atom. The third-order valence-corrected chi connectivity index (χ3v) is 21.5. The minimum atomic E-state index is 0.630. The summed E-state index contributed by atoms with van der Waals surface area (Å²) in [5, 5.41) is 9.83. The van der Waals surface area contributed by atoms with E-state index >= 15 is 0 Å². The largest absolute Gasteiger partial charge is 0.309 e. The van der Waals surface area contributed by atoms with Crippen molar-refractivity contribution in [1.29, 1.82) is 0 Å². The van der Waals surface area contributed by atoms with Gasteiger partial charge in [0.15, 0.2) is 34.9 Å². The van der Waals surface area contributed by atoms with Gasteiger partial charge in [0.25, 0.3) is 0 Å². The molecule has 0 unspecified atom stereocenters. The van der Waals surface area contributed by atoms with E-state index in [0.717, 1.165) is 78.2 Å².